The molecule has 1 amide bonds. The van der Waals surface area contributed by atoms with E-state index >= 15 is 0 Å². The van der Waals surface area contributed by atoms with Gasteiger partial charge in [-0.1, -0.05) is 42.5 Å². The van der Waals surface area contributed by atoms with E-state index in [9.17, 15) is 9.18 Å². The van der Waals surface area contributed by atoms with Crippen LogP contribution in [0.25, 0.3) is 16.2 Å². The van der Waals surface area contributed by atoms with Crippen LogP contribution in [0.1, 0.15) is 30.9 Å². The van der Waals surface area contributed by atoms with Gasteiger partial charge < -0.3 is 10.2 Å². The molecule has 6 nitrogen and oxygen atoms in total. The Labute approximate surface area is 196 Å². The zero-order chi connectivity index (χ0) is 22.8. The topological polar surface area (TPSA) is 62.5 Å². The third kappa shape index (κ3) is 4.75. The Hall–Kier alpha value is -3.26. The molecule has 8 heteroatoms. The summed E-state index contributed by atoms with van der Waals surface area (Å²) in [5, 5.41) is 8.67. The van der Waals surface area contributed by atoms with Gasteiger partial charge in [0.2, 0.25) is 16.0 Å². The number of hydrogen-bond donors (Lipinski definition) is 1. The summed E-state index contributed by atoms with van der Waals surface area (Å²) in [7, 11) is 0. The number of rotatable bonds is 6. The number of nitrogens with one attached hydrogen (secondary N) is 1. The van der Waals surface area contributed by atoms with Crippen molar-refractivity contribution in [2.45, 2.75) is 32.7 Å². The van der Waals surface area contributed by atoms with Crippen LogP contribution < -0.4 is 10.2 Å². The molecular weight excluding hydrogens is 437 g/mol. The molecule has 0 bridgehead atoms. The Bertz CT molecular complexity index is 1220. The standard InChI is InChI=1S/C25H26FN5OS/c1-2-17-5-7-18(8-6-17)14-27-23(32)20-4-3-13-30(15-20)25-29-31-16-22(28-24(31)33-25)19-9-11-21(26)12-10-19/h5-12,16,20H,2-4,13-15H2,1H3,(H,27,32)/t20-/m1/s1. The van der Waals surface area contributed by atoms with Gasteiger partial charge in [0.1, 0.15) is 5.82 Å². The smallest absolute Gasteiger partial charge is 0.225 e. The summed E-state index contributed by atoms with van der Waals surface area (Å²) in [6.07, 6.45) is 4.71. The van der Waals surface area contributed by atoms with Gasteiger partial charge in [-0.3, -0.25) is 4.79 Å². The van der Waals surface area contributed by atoms with Crippen molar-refractivity contribution in [2.75, 3.05) is 18.0 Å². The lowest BCUT2D eigenvalue weighted by Crippen LogP contribution is -2.43. The number of nitrogens with zero attached hydrogens (tertiary/aromatic N) is 4. The van der Waals surface area contributed by atoms with Gasteiger partial charge in [-0.2, -0.15) is 0 Å². The Morgan fingerprint density at radius 3 is 2.64 bits per heavy atom. The van der Waals surface area contributed by atoms with Gasteiger partial charge in [0, 0.05) is 25.2 Å². The van der Waals surface area contributed by atoms with Gasteiger partial charge in [-0.05, 0) is 54.7 Å². The molecule has 0 radical (unpaired) electrons. The number of hydrogen-bond acceptors (Lipinski definition) is 5. The fourth-order valence-electron chi connectivity index (χ4n) is 4.17. The van der Waals surface area contributed by atoms with E-state index in [0.717, 1.165) is 52.7 Å². The second-order valence-electron chi connectivity index (χ2n) is 8.42. The summed E-state index contributed by atoms with van der Waals surface area (Å²) >= 11 is 1.51. The summed E-state index contributed by atoms with van der Waals surface area (Å²) in [4.78, 5) is 20.4. The normalized spacial score (nSPS) is 16.3. The molecular formula is C25H26FN5OS. The van der Waals surface area contributed by atoms with Crippen molar-refractivity contribution >= 4 is 27.3 Å². The van der Waals surface area contributed by atoms with Crippen LogP contribution in [0, 0.1) is 11.7 Å². The molecule has 3 heterocycles. The summed E-state index contributed by atoms with van der Waals surface area (Å²) < 4.78 is 15.0. The van der Waals surface area contributed by atoms with E-state index in [-0.39, 0.29) is 17.6 Å². The highest BCUT2D eigenvalue weighted by Crippen LogP contribution is 2.30. The molecule has 2 aromatic heterocycles. The number of carbonyl (C=O) groups is 1. The van der Waals surface area contributed by atoms with E-state index in [2.05, 4.69) is 46.4 Å². The first kappa shape index (κ1) is 21.6. The van der Waals surface area contributed by atoms with Crippen molar-refractivity contribution in [1.82, 2.24) is 19.9 Å². The molecule has 2 aromatic carbocycles. The third-order valence-corrected chi connectivity index (χ3v) is 7.12. The maximum absolute atomic E-state index is 13.2. The van der Waals surface area contributed by atoms with E-state index in [0.29, 0.717) is 13.1 Å². The Morgan fingerprint density at radius 1 is 1.15 bits per heavy atom. The summed E-state index contributed by atoms with van der Waals surface area (Å²) in [6, 6.07) is 14.7. The highest BCUT2D eigenvalue weighted by atomic mass is 32.1. The molecule has 5 rings (SSSR count). The number of imidazole rings is 1. The fraction of sp³-hybridized carbons (Fsp3) is 0.320. The SMILES string of the molecule is CCc1ccc(CNC(=O)[C@@H]2CCCN(c3nn4cc(-c5ccc(F)cc5)nc4s3)C2)cc1. The minimum atomic E-state index is -0.265. The molecule has 33 heavy (non-hydrogen) atoms. The van der Waals surface area contributed by atoms with Gasteiger partial charge in [0.05, 0.1) is 17.8 Å². The van der Waals surface area contributed by atoms with Gasteiger partial charge in [-0.25, -0.2) is 13.9 Å². The highest BCUT2D eigenvalue weighted by molar-refractivity contribution is 7.20. The summed E-state index contributed by atoms with van der Waals surface area (Å²) in [5.41, 5.74) is 4.04. The number of fused-ring (bicyclic) bond motifs is 1. The van der Waals surface area contributed by atoms with Crippen molar-refractivity contribution in [1.29, 1.82) is 0 Å². The number of aryl methyl sites for hydroxylation is 1. The summed E-state index contributed by atoms with van der Waals surface area (Å²) in [5.74, 6) is -0.225. The van der Waals surface area contributed by atoms with Crippen molar-refractivity contribution in [3.05, 3.63) is 71.7 Å². The number of halogens is 1. The molecule has 0 spiro atoms. The van der Waals surface area contributed by atoms with Crippen molar-refractivity contribution in [2.24, 2.45) is 5.92 Å². The first-order valence-electron chi connectivity index (χ1n) is 11.3. The van der Waals surface area contributed by atoms with Crippen LogP contribution in [-0.2, 0) is 17.8 Å². The largest absolute Gasteiger partial charge is 0.352 e. The zero-order valence-corrected chi connectivity index (χ0v) is 19.3. The average molecular weight is 464 g/mol. The fourth-order valence-corrected chi connectivity index (χ4v) is 5.09. The zero-order valence-electron chi connectivity index (χ0n) is 18.5. The maximum atomic E-state index is 13.2. The molecule has 0 unspecified atom stereocenters. The Balaban J connectivity index is 1.22. The van der Waals surface area contributed by atoms with Crippen LogP contribution in [-0.4, -0.2) is 33.6 Å². The first-order valence-corrected chi connectivity index (χ1v) is 12.1. The number of anilines is 1. The minimum absolute atomic E-state index is 0.0559. The quantitative estimate of drug-likeness (QED) is 0.451. The van der Waals surface area contributed by atoms with E-state index in [1.807, 2.05) is 6.20 Å². The first-order chi connectivity index (χ1) is 16.1. The van der Waals surface area contributed by atoms with E-state index in [4.69, 9.17) is 5.10 Å². The monoisotopic (exact) mass is 463 g/mol. The molecule has 0 aliphatic carbocycles. The third-order valence-electron chi connectivity index (χ3n) is 6.13. The van der Waals surface area contributed by atoms with Gasteiger partial charge >= 0.3 is 0 Å². The Morgan fingerprint density at radius 2 is 1.91 bits per heavy atom. The minimum Gasteiger partial charge on any atom is -0.352 e. The lowest BCUT2D eigenvalue weighted by molar-refractivity contribution is -0.125. The van der Waals surface area contributed by atoms with Crippen LogP contribution in [0.2, 0.25) is 0 Å². The molecule has 1 atom stereocenters. The van der Waals surface area contributed by atoms with Crippen molar-refractivity contribution in [3.63, 3.8) is 0 Å². The maximum Gasteiger partial charge on any atom is 0.225 e. The molecule has 1 N–H and O–H groups in total. The summed E-state index contributed by atoms with van der Waals surface area (Å²) in [6.45, 7) is 4.22. The van der Waals surface area contributed by atoms with E-state index in [1.165, 1.54) is 29.0 Å². The predicted octanol–water partition coefficient (Wildman–Crippen LogP) is 4.69. The Kier molecular flexibility index (Phi) is 6.09. The van der Waals surface area contributed by atoms with Crippen LogP contribution in [0.3, 0.4) is 0 Å². The van der Waals surface area contributed by atoms with Crippen molar-refractivity contribution < 1.29 is 9.18 Å². The second kappa shape index (κ2) is 9.31. The highest BCUT2D eigenvalue weighted by Gasteiger charge is 2.27. The predicted molar refractivity (Wildman–Crippen MR) is 129 cm³/mol. The molecule has 1 aliphatic heterocycles. The number of aromatic nitrogens is 3. The van der Waals surface area contributed by atoms with E-state index in [1.54, 1.807) is 16.6 Å². The average Bonchev–Trinajstić information content (AvgIpc) is 3.43. The lowest BCUT2D eigenvalue weighted by atomic mass is 9.97. The van der Waals surface area contributed by atoms with Crippen LogP contribution in [0.15, 0.2) is 54.7 Å². The van der Waals surface area contributed by atoms with Gasteiger partial charge in [-0.15, -0.1) is 5.10 Å². The molecule has 170 valence electrons. The molecule has 1 fully saturated rings. The van der Waals surface area contributed by atoms with E-state index < -0.39 is 0 Å². The lowest BCUT2D eigenvalue weighted by Gasteiger charge is -2.31. The second-order valence-corrected chi connectivity index (χ2v) is 9.35. The number of amides is 1. The van der Waals surface area contributed by atoms with Crippen LogP contribution >= 0.6 is 11.3 Å². The number of carbonyl (C=O) groups excluding carboxylic acids is 1. The molecule has 4 aromatic rings. The van der Waals surface area contributed by atoms with Crippen LogP contribution in [0.4, 0.5) is 9.52 Å². The van der Waals surface area contributed by atoms with Gasteiger partial charge in [0.15, 0.2) is 0 Å². The number of benzene rings is 2. The molecule has 1 saturated heterocycles. The molecule has 1 aliphatic rings. The van der Waals surface area contributed by atoms with Gasteiger partial charge in [0.25, 0.3) is 0 Å². The van der Waals surface area contributed by atoms with Crippen LogP contribution in [0.5, 0.6) is 0 Å². The molecule has 0 saturated carbocycles. The van der Waals surface area contributed by atoms with Crippen molar-refractivity contribution in [3.8, 4) is 11.3 Å². The number of piperidine rings is 1.